The molecule has 1 saturated carbocycles. The molecule has 0 aliphatic heterocycles. The van der Waals surface area contributed by atoms with Gasteiger partial charge in [-0.25, -0.2) is 0 Å². The molecule has 1 amide bonds. The Bertz CT molecular complexity index is 852. The van der Waals surface area contributed by atoms with Gasteiger partial charge in [0, 0.05) is 6.04 Å². The van der Waals surface area contributed by atoms with Crippen molar-refractivity contribution in [2.24, 2.45) is 0 Å². The summed E-state index contributed by atoms with van der Waals surface area (Å²) in [7, 11) is 0. The quantitative estimate of drug-likeness (QED) is 0.623. The van der Waals surface area contributed by atoms with Crippen LogP contribution in [0.4, 0.5) is 0 Å². The average Bonchev–Trinajstić information content (AvgIpc) is 3.44. The van der Waals surface area contributed by atoms with Gasteiger partial charge in [-0.05, 0) is 37.1 Å². The van der Waals surface area contributed by atoms with Gasteiger partial charge in [0.05, 0.1) is 24.8 Å². The highest BCUT2D eigenvalue weighted by atomic mass is 32.2. The Balaban J connectivity index is 1.45. The monoisotopic (exact) mass is 386 g/mol. The van der Waals surface area contributed by atoms with Crippen molar-refractivity contribution < 1.29 is 13.6 Å². The van der Waals surface area contributed by atoms with E-state index in [0.717, 1.165) is 18.6 Å². The zero-order valence-corrected chi connectivity index (χ0v) is 15.8. The number of rotatable bonds is 7. The second-order valence-electron chi connectivity index (χ2n) is 6.64. The minimum Gasteiger partial charge on any atom is -0.467 e. The van der Waals surface area contributed by atoms with Crippen molar-refractivity contribution in [2.45, 2.75) is 49.8 Å². The van der Waals surface area contributed by atoms with Crippen LogP contribution in [0, 0.1) is 0 Å². The molecular weight excluding hydrogens is 364 g/mol. The van der Waals surface area contributed by atoms with Crippen LogP contribution in [-0.2, 0) is 11.3 Å². The number of amides is 1. The predicted octanol–water partition coefficient (Wildman–Crippen LogP) is 3.72. The molecule has 0 saturated heterocycles. The molecule has 0 radical (unpaired) electrons. The van der Waals surface area contributed by atoms with Crippen LogP contribution in [0.5, 0.6) is 0 Å². The number of hydrogen-bond donors (Lipinski definition) is 1. The first-order valence-electron chi connectivity index (χ1n) is 9.21. The number of nitrogens with one attached hydrogen (secondary N) is 1. The van der Waals surface area contributed by atoms with Gasteiger partial charge in [-0.3, -0.25) is 9.36 Å². The van der Waals surface area contributed by atoms with Crippen LogP contribution in [0.2, 0.25) is 0 Å². The fourth-order valence-corrected chi connectivity index (χ4v) is 4.08. The normalized spacial score (nSPS) is 15.1. The number of carbonyl (C=O) groups excluding carboxylic acids is 1. The summed E-state index contributed by atoms with van der Waals surface area (Å²) >= 11 is 1.38. The lowest BCUT2D eigenvalue weighted by Crippen LogP contribution is -2.37. The van der Waals surface area contributed by atoms with Gasteiger partial charge in [-0.1, -0.05) is 31.0 Å². The summed E-state index contributed by atoms with van der Waals surface area (Å²) in [4.78, 5) is 12.3. The number of carbonyl (C=O) groups is 1. The average molecular weight is 386 g/mol. The lowest BCUT2D eigenvalue weighted by atomic mass is 9.95. The van der Waals surface area contributed by atoms with Gasteiger partial charge in [0.1, 0.15) is 5.76 Å². The third-order valence-electron chi connectivity index (χ3n) is 4.66. The molecule has 1 aliphatic rings. The summed E-state index contributed by atoms with van der Waals surface area (Å²) in [5.41, 5.74) is 0. The summed E-state index contributed by atoms with van der Waals surface area (Å²) in [6.45, 7) is 0.475. The standard InChI is InChI=1S/C19H22N4O3S/c24-17(20-14-6-2-1-3-7-14)13-27-19-22-21-18(16-9-5-11-26-16)23(19)12-15-8-4-10-25-15/h4-5,8-11,14H,1-3,6-7,12-13H2,(H,20,24). The van der Waals surface area contributed by atoms with Gasteiger partial charge in [-0.15, -0.1) is 10.2 Å². The lowest BCUT2D eigenvalue weighted by molar-refractivity contribution is -0.119. The highest BCUT2D eigenvalue weighted by molar-refractivity contribution is 7.99. The highest BCUT2D eigenvalue weighted by Gasteiger charge is 2.20. The summed E-state index contributed by atoms with van der Waals surface area (Å²) < 4.78 is 12.9. The van der Waals surface area contributed by atoms with Crippen LogP contribution in [0.25, 0.3) is 11.6 Å². The van der Waals surface area contributed by atoms with E-state index < -0.39 is 0 Å². The first-order chi connectivity index (χ1) is 13.3. The zero-order valence-electron chi connectivity index (χ0n) is 15.0. The van der Waals surface area contributed by atoms with Crippen molar-refractivity contribution in [3.63, 3.8) is 0 Å². The molecule has 0 unspecified atom stereocenters. The van der Waals surface area contributed by atoms with Crippen molar-refractivity contribution in [3.05, 3.63) is 42.6 Å². The number of hydrogen-bond acceptors (Lipinski definition) is 6. The van der Waals surface area contributed by atoms with Crippen LogP contribution >= 0.6 is 11.8 Å². The number of nitrogens with zero attached hydrogens (tertiary/aromatic N) is 3. The van der Waals surface area contributed by atoms with Gasteiger partial charge in [-0.2, -0.15) is 0 Å². The van der Waals surface area contributed by atoms with Crippen molar-refractivity contribution >= 4 is 17.7 Å². The Morgan fingerprint density at radius 1 is 1.15 bits per heavy atom. The molecule has 0 aromatic carbocycles. The van der Waals surface area contributed by atoms with Crippen LogP contribution in [-0.4, -0.2) is 32.5 Å². The summed E-state index contributed by atoms with van der Waals surface area (Å²) in [6, 6.07) is 7.71. The Morgan fingerprint density at radius 3 is 2.70 bits per heavy atom. The minimum absolute atomic E-state index is 0.0407. The van der Waals surface area contributed by atoms with E-state index >= 15 is 0 Å². The van der Waals surface area contributed by atoms with Crippen LogP contribution in [0.1, 0.15) is 37.9 Å². The highest BCUT2D eigenvalue weighted by Crippen LogP contribution is 2.26. The van der Waals surface area contributed by atoms with E-state index in [1.165, 1.54) is 31.0 Å². The molecule has 1 aliphatic carbocycles. The molecule has 142 valence electrons. The second-order valence-corrected chi connectivity index (χ2v) is 7.58. The molecule has 4 rings (SSSR count). The van der Waals surface area contributed by atoms with Crippen LogP contribution < -0.4 is 5.32 Å². The SMILES string of the molecule is O=C(CSc1nnc(-c2ccco2)n1Cc1ccco1)NC1CCCCC1. The number of aromatic nitrogens is 3. The van der Waals surface area contributed by atoms with E-state index in [4.69, 9.17) is 8.83 Å². The molecule has 0 atom stereocenters. The molecule has 7 nitrogen and oxygen atoms in total. The zero-order chi connectivity index (χ0) is 18.5. The molecule has 8 heteroatoms. The van der Waals surface area contributed by atoms with Crippen molar-refractivity contribution in [1.82, 2.24) is 20.1 Å². The van der Waals surface area contributed by atoms with Crippen molar-refractivity contribution in [1.29, 1.82) is 0 Å². The van der Waals surface area contributed by atoms with Crippen molar-refractivity contribution in [3.8, 4) is 11.6 Å². The molecule has 3 aromatic rings. The summed E-state index contributed by atoms with van der Waals surface area (Å²) in [5.74, 6) is 2.39. The van der Waals surface area contributed by atoms with E-state index in [2.05, 4.69) is 15.5 Å². The van der Waals surface area contributed by atoms with Gasteiger partial charge in [0.25, 0.3) is 0 Å². The summed E-state index contributed by atoms with van der Waals surface area (Å²) in [5, 5.41) is 12.3. The van der Waals surface area contributed by atoms with E-state index in [1.807, 2.05) is 28.8 Å². The Morgan fingerprint density at radius 2 is 1.96 bits per heavy atom. The van der Waals surface area contributed by atoms with E-state index in [-0.39, 0.29) is 5.91 Å². The first-order valence-corrected chi connectivity index (χ1v) is 10.2. The third-order valence-corrected chi connectivity index (χ3v) is 5.62. The summed E-state index contributed by atoms with van der Waals surface area (Å²) in [6.07, 6.45) is 9.06. The maximum Gasteiger partial charge on any atom is 0.230 e. The maximum absolute atomic E-state index is 12.3. The molecule has 3 aromatic heterocycles. The minimum atomic E-state index is 0.0407. The smallest absolute Gasteiger partial charge is 0.230 e. The van der Waals surface area contributed by atoms with Crippen LogP contribution in [0.3, 0.4) is 0 Å². The molecule has 0 bridgehead atoms. The fourth-order valence-electron chi connectivity index (χ4n) is 3.33. The van der Waals surface area contributed by atoms with Gasteiger partial charge in [0.15, 0.2) is 10.9 Å². The molecule has 1 N–H and O–H groups in total. The third kappa shape index (κ3) is 4.44. The van der Waals surface area contributed by atoms with Crippen LogP contribution in [0.15, 0.2) is 50.8 Å². The number of thioether (sulfide) groups is 1. The molecule has 3 heterocycles. The predicted molar refractivity (Wildman–Crippen MR) is 101 cm³/mol. The Hall–Kier alpha value is -2.48. The Kier molecular flexibility index (Phi) is 5.62. The van der Waals surface area contributed by atoms with E-state index in [0.29, 0.717) is 35.1 Å². The van der Waals surface area contributed by atoms with Gasteiger partial charge >= 0.3 is 0 Å². The Labute approximate surface area is 161 Å². The lowest BCUT2D eigenvalue weighted by Gasteiger charge is -2.22. The maximum atomic E-state index is 12.3. The van der Waals surface area contributed by atoms with E-state index in [1.54, 1.807) is 12.5 Å². The van der Waals surface area contributed by atoms with Gasteiger partial charge in [0.2, 0.25) is 11.7 Å². The fraction of sp³-hybridized carbons (Fsp3) is 0.421. The number of furan rings is 2. The van der Waals surface area contributed by atoms with Crippen molar-refractivity contribution in [2.75, 3.05) is 5.75 Å². The topological polar surface area (TPSA) is 86.1 Å². The molecule has 27 heavy (non-hydrogen) atoms. The molecule has 1 fully saturated rings. The molecular formula is C19H22N4O3S. The molecule has 0 spiro atoms. The largest absolute Gasteiger partial charge is 0.467 e. The second kappa shape index (κ2) is 8.47. The first kappa shape index (κ1) is 17.9. The van der Waals surface area contributed by atoms with E-state index in [9.17, 15) is 4.79 Å². The van der Waals surface area contributed by atoms with Gasteiger partial charge < -0.3 is 14.2 Å².